The maximum Gasteiger partial charge on any atom is 0.409 e. The van der Waals surface area contributed by atoms with Crippen molar-refractivity contribution < 1.29 is 14.3 Å². The summed E-state index contributed by atoms with van der Waals surface area (Å²) in [6.07, 6.45) is 10.6. The quantitative estimate of drug-likeness (QED) is 0.820. The molecule has 1 aliphatic heterocycles. The molecule has 0 aromatic carbocycles. The van der Waals surface area contributed by atoms with Crippen molar-refractivity contribution in [2.75, 3.05) is 38.1 Å². The van der Waals surface area contributed by atoms with Crippen molar-refractivity contribution in [2.45, 2.75) is 51.5 Å². The van der Waals surface area contributed by atoms with E-state index in [-0.39, 0.29) is 12.0 Å². The van der Waals surface area contributed by atoms with Crippen LogP contribution in [-0.4, -0.2) is 65.6 Å². The lowest BCUT2D eigenvalue weighted by molar-refractivity contribution is 0.0570. The molecule has 3 rings (SSSR count). The fourth-order valence-electron chi connectivity index (χ4n) is 3.78. The number of pyridine rings is 1. The molecule has 1 saturated heterocycles. The third-order valence-electron chi connectivity index (χ3n) is 5.30. The normalized spacial score (nSPS) is 18.7. The molecule has 1 N–H and O–H groups in total. The maximum atomic E-state index is 12.8. The van der Waals surface area contributed by atoms with Crippen molar-refractivity contribution in [3.05, 3.63) is 24.0 Å². The molecule has 148 valence electrons. The molecule has 1 aliphatic carbocycles. The molecule has 1 aromatic heterocycles. The number of aromatic nitrogens is 1. The van der Waals surface area contributed by atoms with Gasteiger partial charge in [-0.3, -0.25) is 9.78 Å². The zero-order chi connectivity index (χ0) is 19.1. The number of piperazine rings is 1. The van der Waals surface area contributed by atoms with Gasteiger partial charge in [-0.1, -0.05) is 25.7 Å². The molecule has 0 atom stereocenters. The van der Waals surface area contributed by atoms with Gasteiger partial charge in [0.1, 0.15) is 0 Å². The van der Waals surface area contributed by atoms with Gasteiger partial charge in [0.05, 0.1) is 17.9 Å². The molecule has 2 aliphatic rings. The van der Waals surface area contributed by atoms with Crippen LogP contribution in [0.15, 0.2) is 18.5 Å². The highest BCUT2D eigenvalue weighted by atomic mass is 16.6. The van der Waals surface area contributed by atoms with E-state index in [2.05, 4.69) is 10.3 Å². The number of nitrogens with one attached hydrogen (secondary N) is 1. The van der Waals surface area contributed by atoms with Gasteiger partial charge in [0.25, 0.3) is 5.91 Å². The molecule has 0 bridgehead atoms. The molecule has 2 fully saturated rings. The van der Waals surface area contributed by atoms with Gasteiger partial charge >= 0.3 is 6.09 Å². The number of anilines is 1. The number of hydrogen-bond donors (Lipinski definition) is 1. The number of amides is 2. The highest BCUT2D eigenvalue weighted by Gasteiger charge is 2.26. The van der Waals surface area contributed by atoms with Gasteiger partial charge in [-0.15, -0.1) is 0 Å². The van der Waals surface area contributed by atoms with Gasteiger partial charge in [-0.2, -0.15) is 0 Å². The topological polar surface area (TPSA) is 74.8 Å². The summed E-state index contributed by atoms with van der Waals surface area (Å²) in [5, 5.41) is 3.55. The van der Waals surface area contributed by atoms with E-state index in [1.165, 1.54) is 38.5 Å². The van der Waals surface area contributed by atoms with E-state index in [1.54, 1.807) is 29.1 Å². The summed E-state index contributed by atoms with van der Waals surface area (Å²) in [4.78, 5) is 32.3. The van der Waals surface area contributed by atoms with E-state index in [9.17, 15) is 9.59 Å². The third-order valence-corrected chi connectivity index (χ3v) is 5.30. The highest BCUT2D eigenvalue weighted by Crippen LogP contribution is 2.21. The van der Waals surface area contributed by atoms with Gasteiger partial charge in [0.2, 0.25) is 0 Å². The Morgan fingerprint density at radius 2 is 1.74 bits per heavy atom. The molecule has 2 heterocycles. The average Bonchev–Trinajstić information content (AvgIpc) is 2.96. The zero-order valence-corrected chi connectivity index (χ0v) is 16.2. The van der Waals surface area contributed by atoms with Gasteiger partial charge < -0.3 is 19.9 Å². The fraction of sp³-hybridized carbons (Fsp3) is 0.650. The van der Waals surface area contributed by atoms with E-state index in [0.717, 1.165) is 5.69 Å². The fourth-order valence-corrected chi connectivity index (χ4v) is 3.78. The SMILES string of the molecule is CCOC(=O)N1CCN(C(=O)c2cncc(NC3CCCCCC3)c2)CC1. The molecular formula is C20H30N4O3. The summed E-state index contributed by atoms with van der Waals surface area (Å²) >= 11 is 0. The molecule has 27 heavy (non-hydrogen) atoms. The molecule has 7 heteroatoms. The van der Waals surface area contributed by atoms with Crippen molar-refractivity contribution in [3.63, 3.8) is 0 Å². The van der Waals surface area contributed by atoms with Crippen molar-refractivity contribution in [1.29, 1.82) is 0 Å². The van der Waals surface area contributed by atoms with Crippen LogP contribution >= 0.6 is 0 Å². The van der Waals surface area contributed by atoms with Crippen LogP contribution in [0.3, 0.4) is 0 Å². The van der Waals surface area contributed by atoms with Gasteiger partial charge in [-0.05, 0) is 25.8 Å². The second-order valence-electron chi connectivity index (χ2n) is 7.27. The van der Waals surface area contributed by atoms with Crippen LogP contribution in [0.25, 0.3) is 0 Å². The first-order chi connectivity index (χ1) is 13.2. The number of rotatable bonds is 4. The van der Waals surface area contributed by atoms with Crippen molar-refractivity contribution in [3.8, 4) is 0 Å². The van der Waals surface area contributed by atoms with Crippen LogP contribution in [0.4, 0.5) is 10.5 Å². The van der Waals surface area contributed by atoms with Crippen molar-refractivity contribution in [2.24, 2.45) is 0 Å². The van der Waals surface area contributed by atoms with E-state index < -0.39 is 0 Å². The second kappa shape index (κ2) is 9.58. The third kappa shape index (κ3) is 5.34. The monoisotopic (exact) mass is 374 g/mol. The predicted octanol–water partition coefficient (Wildman–Crippen LogP) is 3.13. The molecule has 2 amide bonds. The maximum absolute atomic E-state index is 12.8. The minimum Gasteiger partial charge on any atom is -0.450 e. The van der Waals surface area contributed by atoms with Crippen LogP contribution in [0.1, 0.15) is 55.8 Å². The van der Waals surface area contributed by atoms with Gasteiger partial charge in [0, 0.05) is 44.6 Å². The second-order valence-corrected chi connectivity index (χ2v) is 7.27. The number of ether oxygens (including phenoxy) is 1. The summed E-state index contributed by atoms with van der Waals surface area (Å²) in [6, 6.07) is 2.37. The molecule has 7 nitrogen and oxygen atoms in total. The van der Waals surface area contributed by atoms with Gasteiger partial charge in [0.15, 0.2) is 0 Å². The molecular weight excluding hydrogens is 344 g/mol. The van der Waals surface area contributed by atoms with E-state index in [0.29, 0.717) is 44.4 Å². The Hall–Kier alpha value is -2.31. The predicted molar refractivity (Wildman–Crippen MR) is 104 cm³/mol. The number of hydrogen-bond acceptors (Lipinski definition) is 5. The summed E-state index contributed by atoms with van der Waals surface area (Å²) in [6.45, 7) is 4.18. The van der Waals surface area contributed by atoms with Crippen molar-refractivity contribution in [1.82, 2.24) is 14.8 Å². The van der Waals surface area contributed by atoms with Gasteiger partial charge in [-0.25, -0.2) is 4.79 Å². The first-order valence-electron chi connectivity index (χ1n) is 10.1. The smallest absolute Gasteiger partial charge is 0.409 e. The van der Waals surface area contributed by atoms with Crippen LogP contribution in [-0.2, 0) is 4.74 Å². The lowest BCUT2D eigenvalue weighted by atomic mass is 10.1. The Kier molecular flexibility index (Phi) is 6.90. The summed E-state index contributed by atoms with van der Waals surface area (Å²) < 4.78 is 5.02. The van der Waals surface area contributed by atoms with Crippen LogP contribution in [0, 0.1) is 0 Å². The molecule has 0 unspecified atom stereocenters. The van der Waals surface area contributed by atoms with E-state index >= 15 is 0 Å². The lowest BCUT2D eigenvalue weighted by Gasteiger charge is -2.34. The summed E-state index contributed by atoms with van der Waals surface area (Å²) in [5.41, 5.74) is 1.51. The zero-order valence-electron chi connectivity index (χ0n) is 16.2. The van der Waals surface area contributed by atoms with Crippen molar-refractivity contribution >= 4 is 17.7 Å². The largest absolute Gasteiger partial charge is 0.450 e. The minimum atomic E-state index is -0.305. The summed E-state index contributed by atoms with van der Waals surface area (Å²) in [5.74, 6) is -0.0319. The summed E-state index contributed by atoms with van der Waals surface area (Å²) in [7, 11) is 0. The Balaban J connectivity index is 1.56. The Morgan fingerprint density at radius 1 is 1.07 bits per heavy atom. The average molecular weight is 374 g/mol. The standard InChI is InChI=1S/C20H30N4O3/c1-2-27-20(26)24-11-9-23(10-12-24)19(25)16-13-18(15-21-14-16)22-17-7-5-3-4-6-8-17/h13-15,17,22H,2-12H2,1H3. The van der Waals surface area contributed by atoms with E-state index in [1.807, 2.05) is 6.07 Å². The van der Waals surface area contributed by atoms with Crippen LogP contribution in [0.2, 0.25) is 0 Å². The Morgan fingerprint density at radius 3 is 2.41 bits per heavy atom. The molecule has 0 spiro atoms. The van der Waals surface area contributed by atoms with Crippen LogP contribution in [0.5, 0.6) is 0 Å². The number of carbonyl (C=O) groups excluding carboxylic acids is 2. The Labute approximate surface area is 161 Å². The highest BCUT2D eigenvalue weighted by molar-refractivity contribution is 5.95. The number of nitrogens with zero attached hydrogens (tertiary/aromatic N) is 3. The van der Waals surface area contributed by atoms with E-state index in [4.69, 9.17) is 4.74 Å². The lowest BCUT2D eigenvalue weighted by Crippen LogP contribution is -2.50. The Bertz CT molecular complexity index is 636. The van der Waals surface area contributed by atoms with Crippen LogP contribution < -0.4 is 5.32 Å². The molecule has 1 aromatic rings. The number of carbonyl (C=O) groups is 2. The first-order valence-corrected chi connectivity index (χ1v) is 10.1. The minimum absolute atomic E-state index is 0.0319. The molecule has 0 radical (unpaired) electrons. The first kappa shape index (κ1) is 19.5. The molecule has 1 saturated carbocycles.